The molecule has 1 saturated heterocycles. The molecule has 1 atom stereocenters. The fourth-order valence-electron chi connectivity index (χ4n) is 2.96. The van der Waals surface area contributed by atoms with Crippen molar-refractivity contribution in [2.75, 3.05) is 26.8 Å². The van der Waals surface area contributed by atoms with E-state index in [1.54, 1.807) is 18.2 Å². The molecule has 6 nitrogen and oxygen atoms in total. The van der Waals surface area contributed by atoms with E-state index in [9.17, 15) is 19.1 Å². The first-order valence-corrected chi connectivity index (χ1v) is 8.51. The van der Waals surface area contributed by atoms with Crippen molar-refractivity contribution in [3.63, 3.8) is 0 Å². The van der Waals surface area contributed by atoms with Gasteiger partial charge in [0.25, 0.3) is 5.91 Å². The first-order chi connectivity index (χ1) is 12.0. The highest BCUT2D eigenvalue weighted by molar-refractivity contribution is 7.16. The van der Waals surface area contributed by atoms with Gasteiger partial charge in [-0.05, 0) is 18.6 Å². The van der Waals surface area contributed by atoms with Crippen LogP contribution in [0, 0.1) is 11.2 Å². The van der Waals surface area contributed by atoms with E-state index in [2.05, 4.69) is 4.98 Å². The summed E-state index contributed by atoms with van der Waals surface area (Å²) in [7, 11) is 1.44. The lowest BCUT2D eigenvalue weighted by Gasteiger charge is -2.23. The van der Waals surface area contributed by atoms with E-state index in [-0.39, 0.29) is 19.1 Å². The molecule has 1 fully saturated rings. The fraction of sp³-hybridized carbons (Fsp3) is 0.353. The largest absolute Gasteiger partial charge is 0.481 e. The molecule has 1 N–H and O–H groups in total. The summed E-state index contributed by atoms with van der Waals surface area (Å²) >= 11 is 1.10. The number of nitrogens with zero attached hydrogens (tertiary/aromatic N) is 2. The third kappa shape index (κ3) is 3.27. The van der Waals surface area contributed by atoms with Gasteiger partial charge in [0.1, 0.15) is 21.1 Å². The van der Waals surface area contributed by atoms with Gasteiger partial charge in [-0.2, -0.15) is 0 Å². The number of rotatable bonds is 5. The predicted octanol–water partition coefficient (Wildman–Crippen LogP) is 2.51. The molecule has 2 heterocycles. The number of carboxylic acids is 1. The summed E-state index contributed by atoms with van der Waals surface area (Å²) in [6.07, 6.45) is 1.74. The highest BCUT2D eigenvalue weighted by Crippen LogP contribution is 2.34. The third-order valence-electron chi connectivity index (χ3n) is 4.34. The number of methoxy groups -OCH3 is 1. The molecule has 1 unspecified atom stereocenters. The maximum absolute atomic E-state index is 13.9. The second kappa shape index (κ2) is 6.89. The van der Waals surface area contributed by atoms with Gasteiger partial charge >= 0.3 is 5.97 Å². The lowest BCUT2D eigenvalue weighted by atomic mass is 9.88. The zero-order valence-corrected chi connectivity index (χ0v) is 14.4. The smallest absolute Gasteiger partial charge is 0.313 e. The summed E-state index contributed by atoms with van der Waals surface area (Å²) in [5.41, 5.74) is -0.740. The molecule has 0 spiro atoms. The van der Waals surface area contributed by atoms with Crippen LogP contribution in [-0.4, -0.2) is 53.7 Å². The second-order valence-electron chi connectivity index (χ2n) is 6.00. The van der Waals surface area contributed by atoms with E-state index in [4.69, 9.17) is 4.74 Å². The molecule has 0 saturated carbocycles. The lowest BCUT2D eigenvalue weighted by molar-refractivity contribution is -0.151. The molecule has 0 radical (unpaired) electrons. The van der Waals surface area contributed by atoms with Crippen LogP contribution in [0.2, 0.25) is 0 Å². The molecule has 2 aromatic rings. The van der Waals surface area contributed by atoms with Crippen LogP contribution in [0.1, 0.15) is 16.1 Å². The van der Waals surface area contributed by atoms with E-state index < -0.39 is 17.2 Å². The van der Waals surface area contributed by atoms with Crippen LogP contribution in [0.25, 0.3) is 10.6 Å². The molecule has 1 aliphatic rings. The number of likely N-dealkylation sites (tertiary alicyclic amines) is 1. The summed E-state index contributed by atoms with van der Waals surface area (Å²) < 4.78 is 18.9. The minimum atomic E-state index is -1.08. The van der Waals surface area contributed by atoms with Crippen LogP contribution in [0.4, 0.5) is 4.39 Å². The Kier molecular flexibility index (Phi) is 4.82. The van der Waals surface area contributed by atoms with Crippen LogP contribution in [0.3, 0.4) is 0 Å². The topological polar surface area (TPSA) is 79.7 Å². The molecule has 1 aliphatic heterocycles. The molecular formula is C17H17FN2O4S. The van der Waals surface area contributed by atoms with Gasteiger partial charge in [0.15, 0.2) is 0 Å². The number of halogens is 1. The van der Waals surface area contributed by atoms with Crippen molar-refractivity contribution in [3.05, 3.63) is 41.2 Å². The first-order valence-electron chi connectivity index (χ1n) is 7.69. The molecule has 0 bridgehead atoms. The standard InChI is InChI=1S/C17H17FN2O4S/c1-24-10-17(16(22)23)6-7-20(9-17)15(21)13-8-19-14(25-13)11-4-2-3-5-12(11)18/h2-5,8H,6-7,9-10H2,1H3,(H,22,23). The number of benzene rings is 1. The third-order valence-corrected chi connectivity index (χ3v) is 5.35. The molecule has 3 rings (SSSR count). The van der Waals surface area contributed by atoms with E-state index in [1.165, 1.54) is 24.3 Å². The number of carboxylic acid groups (broad SMARTS) is 1. The Labute approximate surface area is 147 Å². The number of hydrogen-bond acceptors (Lipinski definition) is 5. The van der Waals surface area contributed by atoms with Gasteiger partial charge in [-0.15, -0.1) is 11.3 Å². The van der Waals surface area contributed by atoms with Gasteiger partial charge in [0, 0.05) is 25.8 Å². The van der Waals surface area contributed by atoms with Gasteiger partial charge < -0.3 is 14.7 Å². The zero-order chi connectivity index (χ0) is 18.0. The van der Waals surface area contributed by atoms with Crippen molar-refractivity contribution in [3.8, 4) is 10.6 Å². The number of ether oxygens (including phenoxy) is 1. The molecular weight excluding hydrogens is 347 g/mol. The summed E-state index contributed by atoms with van der Waals surface area (Å²) in [5, 5.41) is 9.90. The summed E-state index contributed by atoms with van der Waals surface area (Å²) in [6, 6.07) is 6.23. The van der Waals surface area contributed by atoms with Crippen LogP contribution in [-0.2, 0) is 9.53 Å². The van der Waals surface area contributed by atoms with Crippen molar-refractivity contribution in [1.29, 1.82) is 0 Å². The summed E-state index contributed by atoms with van der Waals surface area (Å²) in [5.74, 6) is -1.66. The van der Waals surface area contributed by atoms with Crippen LogP contribution in [0.15, 0.2) is 30.5 Å². The fourth-order valence-corrected chi connectivity index (χ4v) is 3.88. The van der Waals surface area contributed by atoms with Gasteiger partial charge in [-0.1, -0.05) is 12.1 Å². The van der Waals surface area contributed by atoms with E-state index >= 15 is 0 Å². The number of carbonyl (C=O) groups is 2. The maximum Gasteiger partial charge on any atom is 0.313 e. The molecule has 8 heteroatoms. The average Bonchev–Trinajstić information content (AvgIpc) is 3.23. The van der Waals surface area contributed by atoms with Crippen LogP contribution in [0.5, 0.6) is 0 Å². The Morgan fingerprint density at radius 2 is 2.20 bits per heavy atom. The maximum atomic E-state index is 13.9. The number of thiazole rings is 1. The minimum absolute atomic E-state index is 0.0509. The number of hydrogen-bond donors (Lipinski definition) is 1. The molecule has 1 aromatic carbocycles. The second-order valence-corrected chi connectivity index (χ2v) is 7.04. The van der Waals surface area contributed by atoms with Crippen molar-refractivity contribution in [2.24, 2.45) is 5.41 Å². The number of aliphatic carboxylic acids is 1. The average molecular weight is 364 g/mol. The normalized spacial score (nSPS) is 20.0. The van der Waals surface area contributed by atoms with Crippen LogP contribution >= 0.6 is 11.3 Å². The number of carbonyl (C=O) groups excluding carboxylic acids is 1. The van der Waals surface area contributed by atoms with Crippen molar-refractivity contribution in [1.82, 2.24) is 9.88 Å². The van der Waals surface area contributed by atoms with Gasteiger partial charge in [-0.25, -0.2) is 9.37 Å². The Morgan fingerprint density at radius 3 is 2.88 bits per heavy atom. The monoisotopic (exact) mass is 364 g/mol. The predicted molar refractivity (Wildman–Crippen MR) is 90.0 cm³/mol. The summed E-state index contributed by atoms with van der Waals surface area (Å²) in [6.45, 7) is 0.471. The first kappa shape index (κ1) is 17.5. The van der Waals surface area contributed by atoms with E-state index in [0.29, 0.717) is 28.4 Å². The lowest BCUT2D eigenvalue weighted by Crippen LogP contribution is -2.40. The molecule has 1 amide bonds. The molecule has 0 aliphatic carbocycles. The highest BCUT2D eigenvalue weighted by atomic mass is 32.1. The van der Waals surface area contributed by atoms with E-state index in [0.717, 1.165) is 11.3 Å². The zero-order valence-electron chi connectivity index (χ0n) is 13.6. The Bertz CT molecular complexity index is 809. The SMILES string of the molecule is COCC1(C(=O)O)CCN(C(=O)c2cnc(-c3ccccc3F)s2)C1. The molecule has 1 aromatic heterocycles. The van der Waals surface area contributed by atoms with Gasteiger partial charge in [-0.3, -0.25) is 9.59 Å². The highest BCUT2D eigenvalue weighted by Gasteiger charge is 2.46. The Balaban J connectivity index is 1.79. The molecule has 25 heavy (non-hydrogen) atoms. The number of aromatic nitrogens is 1. The van der Waals surface area contributed by atoms with E-state index in [1.807, 2.05) is 0 Å². The Hall–Kier alpha value is -2.32. The van der Waals surface area contributed by atoms with Gasteiger partial charge in [0.2, 0.25) is 0 Å². The Morgan fingerprint density at radius 1 is 1.44 bits per heavy atom. The minimum Gasteiger partial charge on any atom is -0.481 e. The van der Waals surface area contributed by atoms with Crippen molar-refractivity contribution >= 4 is 23.2 Å². The quantitative estimate of drug-likeness (QED) is 0.882. The molecule has 132 valence electrons. The number of amides is 1. The van der Waals surface area contributed by atoms with Crippen molar-refractivity contribution < 1.29 is 23.8 Å². The van der Waals surface area contributed by atoms with Crippen molar-refractivity contribution in [2.45, 2.75) is 6.42 Å². The van der Waals surface area contributed by atoms with Gasteiger partial charge in [0.05, 0.1) is 12.8 Å². The van der Waals surface area contributed by atoms with Crippen LogP contribution < -0.4 is 0 Å². The summed E-state index contributed by atoms with van der Waals surface area (Å²) in [4.78, 5) is 30.2.